The van der Waals surface area contributed by atoms with Crippen molar-refractivity contribution >= 4 is 23.6 Å². The zero-order valence-electron chi connectivity index (χ0n) is 32.3. The van der Waals surface area contributed by atoms with E-state index in [1.54, 1.807) is 23.9 Å². The van der Waals surface area contributed by atoms with E-state index in [0.717, 1.165) is 53.0 Å². The summed E-state index contributed by atoms with van der Waals surface area (Å²) >= 11 is 1.72. The summed E-state index contributed by atoms with van der Waals surface area (Å²) in [6.45, 7) is 10.9. The molecule has 0 spiro atoms. The Morgan fingerprint density at radius 1 is 1.00 bits per heavy atom. The van der Waals surface area contributed by atoms with Crippen LogP contribution in [0.25, 0.3) is 0 Å². The number of carbonyl (C=O) groups is 1. The number of aliphatic hydroxyl groups excluding tert-OH is 2. The number of rotatable bonds is 17. The molecule has 1 amide bonds. The topological polar surface area (TPSA) is 119 Å². The number of unbranched alkanes of at least 4 members (excludes halogenated alkanes) is 2. The maximum Gasteiger partial charge on any atom is 0.412 e. The SMILES string of the molecule is C=CCO[C@@]12Oc3ccc(OC(=O)NCc4ccccc4)cc3[C@H]3[C@H](CCCCO)[C@@H](CCCCO)C=C(C(=NOC(C)(C)C)C[C@@H]1Sc1ccccc1)[C@H]32. The minimum Gasteiger partial charge on any atom is -0.460 e. The predicted molar refractivity (Wildman–Crippen MR) is 217 cm³/mol. The number of fused-ring (bicyclic) bond motifs is 2. The molecule has 3 N–H and O–H groups in total. The summed E-state index contributed by atoms with van der Waals surface area (Å²) in [4.78, 5) is 20.4. The molecule has 6 atom stereocenters. The number of carbonyl (C=O) groups excluding carboxylic acids is 1. The van der Waals surface area contributed by atoms with E-state index in [1.165, 1.54) is 0 Å². The fourth-order valence-corrected chi connectivity index (χ4v) is 9.57. The molecule has 0 unspecified atom stereocenters. The monoisotopic (exact) mass is 768 g/mol. The summed E-state index contributed by atoms with van der Waals surface area (Å²) < 4.78 is 20.2. The number of nitrogens with zero attached hydrogens (tertiary/aromatic N) is 1. The van der Waals surface area contributed by atoms with Gasteiger partial charge in [-0.3, -0.25) is 0 Å². The van der Waals surface area contributed by atoms with Crippen molar-refractivity contribution in [1.29, 1.82) is 0 Å². The first-order valence-corrected chi connectivity index (χ1v) is 20.5. The Morgan fingerprint density at radius 2 is 1.71 bits per heavy atom. The van der Waals surface area contributed by atoms with Crippen molar-refractivity contribution in [2.75, 3.05) is 19.8 Å². The Morgan fingerprint density at radius 3 is 2.40 bits per heavy atom. The number of thioether (sulfide) groups is 1. The van der Waals surface area contributed by atoms with Gasteiger partial charge >= 0.3 is 6.09 Å². The van der Waals surface area contributed by atoms with Gasteiger partial charge in [0.05, 0.1) is 23.5 Å². The lowest BCUT2D eigenvalue weighted by atomic mass is 9.56. The van der Waals surface area contributed by atoms with E-state index in [1.807, 2.05) is 81.4 Å². The molecule has 1 saturated carbocycles. The van der Waals surface area contributed by atoms with E-state index in [0.29, 0.717) is 37.3 Å². The van der Waals surface area contributed by atoms with Crippen LogP contribution in [-0.2, 0) is 16.1 Å². The second kappa shape index (κ2) is 18.7. The number of benzene rings is 3. The standard InChI is InChI=1S/C45H56N2O7S/c1-5-26-51-45-40(55-34-19-10-7-11-20-34)29-38(47-54-44(2,3)4)36-27-32(18-12-14-24-48)35(21-13-15-25-49)41(42(36)45)37-28-33(22-23-39(37)53-45)52-43(50)46-30-31-16-8-6-9-17-31/h5-11,16-17,19-20,22-23,27-28,32,35,40-42,48-49H,1,12-15,18,21,24-26,29-30H2,2-4H3,(H,46,50)/t32-,35+,40-,41+,42+,45+/m0/s1. The molecular weight excluding hydrogens is 713 g/mol. The molecule has 0 bridgehead atoms. The van der Waals surface area contributed by atoms with Crippen LogP contribution in [0.3, 0.4) is 0 Å². The van der Waals surface area contributed by atoms with Gasteiger partial charge in [-0.2, -0.15) is 0 Å². The van der Waals surface area contributed by atoms with Crippen LogP contribution in [-0.4, -0.2) is 58.5 Å². The van der Waals surface area contributed by atoms with Crippen molar-refractivity contribution < 1.29 is 34.1 Å². The minimum atomic E-state index is -1.11. The van der Waals surface area contributed by atoms with E-state index in [-0.39, 0.29) is 48.7 Å². The quantitative estimate of drug-likeness (QED) is 0.0707. The van der Waals surface area contributed by atoms with Crippen LogP contribution in [0.15, 0.2) is 113 Å². The van der Waals surface area contributed by atoms with Crippen LogP contribution in [0.4, 0.5) is 4.79 Å². The minimum absolute atomic E-state index is 0.121. The first kappa shape index (κ1) is 40.6. The van der Waals surface area contributed by atoms with E-state index >= 15 is 0 Å². The van der Waals surface area contributed by atoms with Crippen molar-refractivity contribution in [3.05, 3.63) is 114 Å². The Kier molecular flexibility index (Phi) is 13.8. The predicted octanol–water partition coefficient (Wildman–Crippen LogP) is 9.20. The third kappa shape index (κ3) is 9.84. The fraction of sp³-hybridized carbons (Fsp3) is 0.467. The summed E-state index contributed by atoms with van der Waals surface area (Å²) in [5, 5.41) is 27.2. The highest BCUT2D eigenvalue weighted by molar-refractivity contribution is 8.00. The zero-order chi connectivity index (χ0) is 38.8. The number of amides is 1. The van der Waals surface area contributed by atoms with Crippen LogP contribution < -0.4 is 14.8 Å². The summed E-state index contributed by atoms with van der Waals surface area (Å²) in [5.74, 6) is -0.156. The van der Waals surface area contributed by atoms with Gasteiger partial charge in [-0.25, -0.2) is 4.79 Å². The number of hydrogen-bond acceptors (Lipinski definition) is 9. The van der Waals surface area contributed by atoms with Gasteiger partial charge in [-0.1, -0.05) is 78.7 Å². The highest BCUT2D eigenvalue weighted by Crippen LogP contribution is 2.63. The number of nitrogens with one attached hydrogen (secondary N) is 1. The van der Waals surface area contributed by atoms with Gasteiger partial charge in [-0.15, -0.1) is 18.3 Å². The van der Waals surface area contributed by atoms with Crippen LogP contribution >= 0.6 is 11.8 Å². The molecule has 9 nitrogen and oxygen atoms in total. The lowest BCUT2D eigenvalue weighted by molar-refractivity contribution is -0.223. The fourth-order valence-electron chi connectivity index (χ4n) is 8.26. The van der Waals surface area contributed by atoms with Crippen LogP contribution in [0.2, 0.25) is 0 Å². The average Bonchev–Trinajstić information content (AvgIpc) is 3.18. The van der Waals surface area contributed by atoms with Crippen molar-refractivity contribution in [2.24, 2.45) is 22.9 Å². The van der Waals surface area contributed by atoms with E-state index in [9.17, 15) is 15.0 Å². The van der Waals surface area contributed by atoms with Crippen molar-refractivity contribution in [3.63, 3.8) is 0 Å². The van der Waals surface area contributed by atoms with Gasteiger partial charge in [0.15, 0.2) is 0 Å². The third-order valence-corrected chi connectivity index (χ3v) is 11.9. The Hall–Kier alpha value is -4.09. The summed E-state index contributed by atoms with van der Waals surface area (Å²) in [6, 6.07) is 25.7. The lowest BCUT2D eigenvalue weighted by Crippen LogP contribution is -2.64. The van der Waals surface area contributed by atoms with Gasteiger partial charge < -0.3 is 34.6 Å². The molecule has 0 radical (unpaired) electrons. The number of allylic oxidation sites excluding steroid dienone is 1. The molecule has 1 fully saturated rings. The molecule has 294 valence electrons. The molecule has 1 heterocycles. The number of ether oxygens (including phenoxy) is 3. The van der Waals surface area contributed by atoms with Gasteiger partial charge in [0.2, 0.25) is 5.79 Å². The molecule has 2 aliphatic carbocycles. The summed E-state index contributed by atoms with van der Waals surface area (Å²) in [6.07, 6.45) is 9.00. The first-order valence-electron chi connectivity index (χ1n) is 19.6. The van der Waals surface area contributed by atoms with Crippen LogP contribution in [0, 0.1) is 17.8 Å². The van der Waals surface area contributed by atoms with Gasteiger partial charge in [0.25, 0.3) is 0 Å². The van der Waals surface area contributed by atoms with Crippen molar-refractivity contribution in [2.45, 2.75) is 99.7 Å². The van der Waals surface area contributed by atoms with E-state index in [4.69, 9.17) is 24.2 Å². The van der Waals surface area contributed by atoms with E-state index in [2.05, 4.69) is 30.1 Å². The smallest absolute Gasteiger partial charge is 0.412 e. The molecule has 3 aromatic rings. The van der Waals surface area contributed by atoms with Crippen molar-refractivity contribution in [3.8, 4) is 11.5 Å². The maximum atomic E-state index is 13.1. The van der Waals surface area contributed by atoms with E-state index < -0.39 is 17.5 Å². The molecule has 3 aliphatic rings. The molecule has 0 saturated heterocycles. The first-order chi connectivity index (χ1) is 26.7. The van der Waals surface area contributed by atoms with Crippen LogP contribution in [0.1, 0.15) is 82.8 Å². The largest absolute Gasteiger partial charge is 0.460 e. The molecule has 55 heavy (non-hydrogen) atoms. The summed E-state index contributed by atoms with van der Waals surface area (Å²) in [7, 11) is 0. The third-order valence-electron chi connectivity index (χ3n) is 10.6. The average molecular weight is 769 g/mol. The molecule has 0 aromatic heterocycles. The lowest BCUT2D eigenvalue weighted by Gasteiger charge is -2.58. The Labute approximate surface area is 330 Å². The highest BCUT2D eigenvalue weighted by atomic mass is 32.2. The Balaban J connectivity index is 1.49. The maximum absolute atomic E-state index is 13.1. The second-order valence-corrected chi connectivity index (χ2v) is 16.9. The Bertz CT molecular complexity index is 1790. The van der Waals surface area contributed by atoms with Crippen LogP contribution in [0.5, 0.6) is 11.5 Å². The summed E-state index contributed by atoms with van der Waals surface area (Å²) in [5.41, 5.74) is 3.34. The second-order valence-electron chi connectivity index (χ2n) is 15.6. The van der Waals surface area contributed by atoms with Gasteiger partial charge in [-0.05, 0) is 99.8 Å². The molecular formula is C45H56N2O7S. The molecule has 3 aromatic carbocycles. The number of oxime groups is 1. The molecule has 10 heteroatoms. The van der Waals surface area contributed by atoms with Gasteiger partial charge in [0, 0.05) is 42.6 Å². The highest BCUT2D eigenvalue weighted by Gasteiger charge is 2.64. The zero-order valence-corrected chi connectivity index (χ0v) is 33.1. The molecule has 1 aliphatic heterocycles. The number of hydrogen-bond donors (Lipinski definition) is 3. The number of aliphatic hydroxyl groups is 2. The molecule has 6 rings (SSSR count). The van der Waals surface area contributed by atoms with Gasteiger partial charge in [0.1, 0.15) is 17.1 Å². The van der Waals surface area contributed by atoms with Crippen molar-refractivity contribution in [1.82, 2.24) is 5.32 Å². The normalized spacial score (nSPS) is 24.9.